The molecule has 0 bridgehead atoms. The summed E-state index contributed by atoms with van der Waals surface area (Å²) in [7, 11) is 14.9. The molecule has 0 saturated carbocycles. The van der Waals surface area contributed by atoms with Gasteiger partial charge in [-0.15, -0.1) is 0 Å². The fourth-order valence-electron chi connectivity index (χ4n) is 0.714. The molecule has 0 aliphatic heterocycles. The molecule has 7 nitrogen and oxygen atoms in total. The summed E-state index contributed by atoms with van der Waals surface area (Å²) in [6.07, 6.45) is -2.29. The van der Waals surface area contributed by atoms with Gasteiger partial charge in [0.05, 0.1) is 12.8 Å². The standard InChI is InChI=1S/C6H8O7.3ClH.Ir/c7-3(8)1-6(13,5(11)12)2-4(9)10;;;;/h13H,1-2H2,(H,7,8)(H,9,10)(H,11,12);3*1H;/q;;;;+3/p-3. The van der Waals surface area contributed by atoms with E-state index in [0.717, 1.165) is 0 Å². The van der Waals surface area contributed by atoms with E-state index in [9.17, 15) is 14.4 Å². The maximum atomic E-state index is 10.3. The number of carboxylic acids is 3. The predicted molar refractivity (Wildman–Crippen MR) is 54.7 cm³/mol. The van der Waals surface area contributed by atoms with Crippen LogP contribution < -0.4 is 0 Å². The van der Waals surface area contributed by atoms with Gasteiger partial charge in [-0.05, 0) is 0 Å². The van der Waals surface area contributed by atoms with Crippen molar-refractivity contribution in [3.63, 3.8) is 0 Å². The Bertz CT molecular complexity index is 277. The molecule has 0 aliphatic carbocycles. The second-order valence-corrected chi connectivity index (χ2v) is 13.0. The zero-order chi connectivity index (χ0) is 14.2. The second-order valence-electron chi connectivity index (χ2n) is 2.62. The number of hydrogen-bond donors (Lipinski definition) is 4. The molecule has 0 rings (SSSR count). The van der Waals surface area contributed by atoms with Crippen LogP contribution in [0, 0.1) is 0 Å². The Morgan fingerprint density at radius 3 is 1.29 bits per heavy atom. The molecule has 0 aliphatic rings. The summed E-state index contributed by atoms with van der Waals surface area (Å²) in [6, 6.07) is 0. The normalized spacial score (nSPS) is 10.9. The average molecular weight is 491 g/mol. The van der Waals surface area contributed by atoms with Gasteiger partial charge in [-0.1, -0.05) is 0 Å². The number of rotatable bonds is 5. The molecule has 0 aromatic rings. The molecule has 0 heterocycles. The molecule has 0 spiro atoms. The molecule has 4 N–H and O–H groups in total. The minimum atomic E-state index is -2.74. The Labute approximate surface area is 113 Å². The summed E-state index contributed by atoms with van der Waals surface area (Å²) in [5.41, 5.74) is -2.74. The first kappa shape index (κ1) is 19.2. The topological polar surface area (TPSA) is 132 Å². The minimum absolute atomic E-state index is 1.14. The molecule has 104 valence electrons. The molecule has 0 aromatic heterocycles. The van der Waals surface area contributed by atoms with E-state index < -0.39 is 49.8 Å². The van der Waals surface area contributed by atoms with Crippen molar-refractivity contribution in [1.29, 1.82) is 0 Å². The fourth-order valence-corrected chi connectivity index (χ4v) is 0.714. The summed E-state index contributed by atoms with van der Waals surface area (Å²) in [4.78, 5) is 30.5. The van der Waals surface area contributed by atoms with Gasteiger partial charge in [0.2, 0.25) is 0 Å². The predicted octanol–water partition coefficient (Wildman–Crippen LogP) is 0.818. The summed E-state index contributed by atoms with van der Waals surface area (Å²) in [5, 5.41) is 33.8. The van der Waals surface area contributed by atoms with Crippen molar-refractivity contribution in [3.05, 3.63) is 0 Å². The van der Waals surface area contributed by atoms with Gasteiger partial charge < -0.3 is 20.4 Å². The number of aliphatic carboxylic acids is 3. The first-order chi connectivity index (χ1) is 7.51. The second kappa shape index (κ2) is 8.90. The SMILES string of the molecule is O=C(O)CC(O)(CC(=O)O)C(=O)O.[Cl][Ir]([Cl])[Cl]. The fraction of sp³-hybridized carbons (Fsp3) is 0.500. The van der Waals surface area contributed by atoms with Gasteiger partial charge in [-0.3, -0.25) is 9.59 Å². The van der Waals surface area contributed by atoms with Crippen LogP contribution >= 0.6 is 28.8 Å². The van der Waals surface area contributed by atoms with Gasteiger partial charge in [0, 0.05) is 0 Å². The van der Waals surface area contributed by atoms with Crippen LogP contribution in [-0.2, 0) is 27.8 Å². The summed E-state index contributed by atoms with van der Waals surface area (Å²) >= 11 is -1.92. The molecule has 0 unspecified atom stereocenters. The van der Waals surface area contributed by atoms with Gasteiger partial charge >= 0.3 is 60.1 Å². The van der Waals surface area contributed by atoms with Gasteiger partial charge in [0.15, 0.2) is 5.60 Å². The zero-order valence-electron chi connectivity index (χ0n) is 7.90. The number of carboxylic acid groups (broad SMARTS) is 3. The van der Waals surface area contributed by atoms with Crippen molar-refractivity contribution in [1.82, 2.24) is 0 Å². The quantitative estimate of drug-likeness (QED) is 0.448. The third-order valence-corrected chi connectivity index (χ3v) is 1.29. The van der Waals surface area contributed by atoms with Gasteiger partial charge in [0.25, 0.3) is 0 Å². The van der Waals surface area contributed by atoms with Crippen LogP contribution in [0.1, 0.15) is 12.8 Å². The summed E-state index contributed by atoms with van der Waals surface area (Å²) in [5.74, 6) is -5.02. The van der Waals surface area contributed by atoms with E-state index in [4.69, 9.17) is 49.2 Å². The summed E-state index contributed by atoms with van der Waals surface area (Å²) in [6.45, 7) is 0. The van der Waals surface area contributed by atoms with E-state index in [1.165, 1.54) is 0 Å². The van der Waals surface area contributed by atoms with Crippen molar-refractivity contribution in [3.8, 4) is 0 Å². The summed E-state index contributed by atoms with van der Waals surface area (Å²) < 4.78 is 0. The van der Waals surface area contributed by atoms with E-state index in [1.54, 1.807) is 0 Å². The Hall–Kier alpha value is -0.111. The van der Waals surface area contributed by atoms with Crippen LogP contribution in [0.2, 0.25) is 0 Å². The van der Waals surface area contributed by atoms with Crippen LogP contribution in [0.4, 0.5) is 0 Å². The molecule has 0 radical (unpaired) electrons. The number of aliphatic hydroxyl groups is 1. The van der Waals surface area contributed by atoms with E-state index in [1.807, 2.05) is 0 Å². The molecule has 11 heteroatoms. The van der Waals surface area contributed by atoms with Crippen LogP contribution in [-0.4, -0.2) is 43.9 Å². The van der Waals surface area contributed by atoms with E-state index in [2.05, 4.69) is 0 Å². The average Bonchev–Trinajstić information content (AvgIpc) is 1.98. The van der Waals surface area contributed by atoms with Crippen molar-refractivity contribution >= 4 is 46.7 Å². The third kappa shape index (κ3) is 12.1. The van der Waals surface area contributed by atoms with Crippen molar-refractivity contribution in [2.75, 3.05) is 0 Å². The third-order valence-electron chi connectivity index (χ3n) is 1.29. The Balaban J connectivity index is 0. The molecule has 17 heavy (non-hydrogen) atoms. The first-order valence-corrected chi connectivity index (χ1v) is 12.5. The number of carbonyl (C=O) groups is 3. The van der Waals surface area contributed by atoms with Crippen molar-refractivity contribution in [2.24, 2.45) is 0 Å². The van der Waals surface area contributed by atoms with Crippen molar-refractivity contribution < 1.29 is 48.3 Å². The molecule has 0 fully saturated rings. The first-order valence-electron chi connectivity index (χ1n) is 3.55. The Morgan fingerprint density at radius 1 is 0.941 bits per heavy atom. The zero-order valence-corrected chi connectivity index (χ0v) is 12.6. The molecular weight excluding hydrogens is 483 g/mol. The van der Waals surface area contributed by atoms with E-state index in [0.29, 0.717) is 0 Å². The Kier molecular flexibility index (Phi) is 10.1. The van der Waals surface area contributed by atoms with Gasteiger partial charge in [0.1, 0.15) is 0 Å². The van der Waals surface area contributed by atoms with Crippen LogP contribution in [0.25, 0.3) is 0 Å². The monoisotopic (exact) mass is 490 g/mol. The van der Waals surface area contributed by atoms with Crippen LogP contribution in [0.5, 0.6) is 0 Å². The number of hydrogen-bond acceptors (Lipinski definition) is 4. The van der Waals surface area contributed by atoms with Gasteiger partial charge in [-0.2, -0.15) is 0 Å². The van der Waals surface area contributed by atoms with Crippen LogP contribution in [0.15, 0.2) is 0 Å². The molecule has 0 atom stereocenters. The molecular formula is C6H8Cl3IrO7. The van der Waals surface area contributed by atoms with Gasteiger partial charge in [-0.25, -0.2) is 4.79 Å². The number of halogens is 3. The Morgan fingerprint density at radius 2 is 1.18 bits per heavy atom. The maximum absolute atomic E-state index is 10.3. The molecule has 0 amide bonds. The molecule has 0 saturated heterocycles. The van der Waals surface area contributed by atoms with Crippen molar-refractivity contribution in [2.45, 2.75) is 18.4 Å². The van der Waals surface area contributed by atoms with Crippen LogP contribution in [0.3, 0.4) is 0 Å². The van der Waals surface area contributed by atoms with E-state index >= 15 is 0 Å². The molecule has 0 aromatic carbocycles. The van der Waals surface area contributed by atoms with E-state index in [-0.39, 0.29) is 0 Å².